The van der Waals surface area contributed by atoms with Gasteiger partial charge in [0.1, 0.15) is 11.2 Å². The van der Waals surface area contributed by atoms with E-state index in [-0.39, 0.29) is 55.8 Å². The molecule has 1 nitrogen and oxygen atoms in total. The predicted molar refractivity (Wildman–Crippen MR) is 216 cm³/mol. The van der Waals surface area contributed by atoms with Crippen molar-refractivity contribution in [2.24, 2.45) is 0 Å². The van der Waals surface area contributed by atoms with E-state index in [1.807, 2.05) is 0 Å². The zero-order valence-corrected chi connectivity index (χ0v) is 26.4. The van der Waals surface area contributed by atoms with Gasteiger partial charge in [-0.15, -0.1) is 0 Å². The molecule has 0 aliphatic heterocycles. The highest BCUT2D eigenvalue weighted by molar-refractivity contribution is 6.25. The van der Waals surface area contributed by atoms with Crippen LogP contribution >= 0.6 is 0 Å². The predicted octanol–water partition coefficient (Wildman–Crippen LogP) is 14.2. The van der Waals surface area contributed by atoms with Gasteiger partial charge in [-0.3, -0.25) is 0 Å². The van der Waals surface area contributed by atoms with Crippen LogP contribution < -0.4 is 0 Å². The summed E-state index contributed by atoms with van der Waals surface area (Å²) in [4.78, 5) is 0. The maximum absolute atomic E-state index is 9.91. The van der Waals surface area contributed by atoms with Gasteiger partial charge in [-0.2, -0.15) is 0 Å². The zero-order valence-electron chi connectivity index (χ0n) is 45.4. The number of hydrogen-bond donors (Lipinski definition) is 0. The Morgan fingerprint density at radius 1 is 0.333 bits per heavy atom. The molecule has 10 rings (SSSR count). The Labute approximate surface area is 323 Å². The van der Waals surface area contributed by atoms with E-state index in [1.165, 1.54) is 0 Å². The lowest BCUT2D eigenvalue weighted by Gasteiger charge is -2.19. The lowest BCUT2D eigenvalue weighted by molar-refractivity contribution is 0.669. The standard InChI is InChI=1S/C50H32O/c1-4-15-33(16-5-1)36-27-28-44-47(32-36)51-46-26-14-25-45(50(44)46)49-42-23-12-10-21-40(42)48(41-22-11-13-24-43(41)49)39-30-37(34-17-6-2-7-18-34)29-38(31-39)35-19-8-3-9-20-35/h1-32H/i1D,2D,4D,5D,6D,7D,14D,15D,16D,17D,18D,25D,26D,27D,28D,29D,30D,31D,32D. The van der Waals surface area contributed by atoms with Crippen molar-refractivity contribution in [2.45, 2.75) is 0 Å². The monoisotopic (exact) mass is 667 g/mol. The van der Waals surface area contributed by atoms with Gasteiger partial charge >= 0.3 is 0 Å². The number of rotatable bonds is 5. The van der Waals surface area contributed by atoms with E-state index in [0.29, 0.717) is 27.1 Å². The second-order valence-electron chi connectivity index (χ2n) is 11.7. The van der Waals surface area contributed by atoms with Crippen molar-refractivity contribution in [1.29, 1.82) is 0 Å². The number of fused-ring (bicyclic) bond motifs is 5. The Bertz CT molecular complexity index is 3880. The molecular weight excluding hydrogens is 617 g/mol. The maximum Gasteiger partial charge on any atom is 0.136 e. The minimum absolute atomic E-state index is 0.0129. The van der Waals surface area contributed by atoms with Gasteiger partial charge in [0.05, 0.1) is 26.0 Å². The summed E-state index contributed by atoms with van der Waals surface area (Å²) in [5, 5.41) is 1.15. The summed E-state index contributed by atoms with van der Waals surface area (Å²) in [6.07, 6.45) is 0. The molecule has 1 heteroatoms. The summed E-state index contributed by atoms with van der Waals surface area (Å²) in [6, 6.07) is 10.3. The third kappa shape index (κ3) is 4.94. The SMILES string of the molecule is [2H]c1c([2H])c([2H])c(-c2c([2H])c(-c3ccccc3)c([2H])c(-c3c4ccccc4c(-c4c([2H])c([2H])c([2H])c5oc6c([2H])c(-c7c([2H])c([2H])c([2H])c([2H])c7[2H])c([2H])c([2H])c6c45)c4ccccc34)c2[2H])c([2H])c1[2H]. The minimum atomic E-state index is -0.728. The van der Waals surface area contributed by atoms with Crippen molar-refractivity contribution in [3.8, 4) is 55.6 Å². The molecule has 0 spiro atoms. The smallest absolute Gasteiger partial charge is 0.136 e. The average molecular weight is 668 g/mol. The van der Waals surface area contributed by atoms with Crippen molar-refractivity contribution in [3.05, 3.63) is 194 Å². The lowest BCUT2D eigenvalue weighted by atomic mass is 9.83. The Balaban J connectivity index is 1.38. The van der Waals surface area contributed by atoms with Gasteiger partial charge in [-0.25, -0.2) is 0 Å². The van der Waals surface area contributed by atoms with Crippen LogP contribution in [0.1, 0.15) is 26.0 Å². The molecule has 1 aromatic heterocycles. The van der Waals surface area contributed by atoms with E-state index in [9.17, 15) is 9.60 Å². The van der Waals surface area contributed by atoms with Crippen LogP contribution in [0.4, 0.5) is 0 Å². The molecule has 0 saturated carbocycles. The summed E-state index contributed by atoms with van der Waals surface area (Å²) in [7, 11) is 0. The third-order valence-electron chi connectivity index (χ3n) is 8.82. The summed E-state index contributed by atoms with van der Waals surface area (Å²) in [5.74, 6) is 0. The van der Waals surface area contributed by atoms with Gasteiger partial charge < -0.3 is 4.42 Å². The lowest BCUT2D eigenvalue weighted by Crippen LogP contribution is -1.92. The second kappa shape index (κ2) is 12.0. The molecule has 0 amide bonds. The van der Waals surface area contributed by atoms with Crippen LogP contribution in [-0.4, -0.2) is 0 Å². The highest BCUT2D eigenvalue weighted by Gasteiger charge is 2.21. The molecule has 0 saturated heterocycles. The van der Waals surface area contributed by atoms with Crippen molar-refractivity contribution in [3.63, 3.8) is 0 Å². The van der Waals surface area contributed by atoms with E-state index in [2.05, 4.69) is 0 Å². The molecular formula is C50H32O. The summed E-state index contributed by atoms with van der Waals surface area (Å²) < 4.78 is 176. The van der Waals surface area contributed by atoms with Gasteiger partial charge in [-0.1, -0.05) is 157 Å². The molecule has 51 heavy (non-hydrogen) atoms. The van der Waals surface area contributed by atoms with E-state index < -0.39 is 131 Å². The third-order valence-corrected chi connectivity index (χ3v) is 8.82. The quantitative estimate of drug-likeness (QED) is 0.167. The van der Waals surface area contributed by atoms with Gasteiger partial charge in [0.2, 0.25) is 0 Å². The van der Waals surface area contributed by atoms with Crippen LogP contribution in [0.25, 0.3) is 99.1 Å². The van der Waals surface area contributed by atoms with E-state index in [0.717, 1.165) is 0 Å². The highest BCUT2D eigenvalue weighted by atomic mass is 16.3. The largest absolute Gasteiger partial charge is 0.456 e. The Morgan fingerprint density at radius 2 is 0.882 bits per heavy atom. The fourth-order valence-electron chi connectivity index (χ4n) is 6.65. The topological polar surface area (TPSA) is 13.1 Å². The van der Waals surface area contributed by atoms with Crippen molar-refractivity contribution in [1.82, 2.24) is 0 Å². The molecule has 9 aromatic carbocycles. The molecule has 0 bridgehead atoms. The molecule has 0 unspecified atom stereocenters. The molecule has 0 atom stereocenters. The molecule has 238 valence electrons. The zero-order chi connectivity index (χ0) is 50.3. The highest BCUT2D eigenvalue weighted by Crippen LogP contribution is 2.48. The first-order valence-electron chi connectivity index (χ1n) is 25.5. The Morgan fingerprint density at radius 3 is 1.53 bits per heavy atom. The van der Waals surface area contributed by atoms with Crippen molar-refractivity contribution >= 4 is 43.5 Å². The van der Waals surface area contributed by atoms with Gasteiger partial charge in [0.25, 0.3) is 0 Å². The van der Waals surface area contributed by atoms with Crippen LogP contribution in [0.5, 0.6) is 0 Å². The summed E-state index contributed by atoms with van der Waals surface area (Å²) in [5.41, 5.74) is -1.62. The summed E-state index contributed by atoms with van der Waals surface area (Å²) >= 11 is 0. The number of hydrogen-bond acceptors (Lipinski definition) is 1. The van der Waals surface area contributed by atoms with Crippen LogP contribution in [0.2, 0.25) is 0 Å². The fraction of sp³-hybridized carbons (Fsp3) is 0. The number of benzene rings is 9. The molecule has 0 aliphatic rings. The first-order valence-corrected chi connectivity index (χ1v) is 16.0. The fourth-order valence-corrected chi connectivity index (χ4v) is 6.65. The summed E-state index contributed by atoms with van der Waals surface area (Å²) in [6.45, 7) is 0. The normalized spacial score (nSPS) is 16.7. The molecule has 0 fully saturated rings. The molecule has 0 radical (unpaired) electrons. The molecule has 1 heterocycles. The molecule has 10 aromatic rings. The van der Waals surface area contributed by atoms with Crippen LogP contribution in [0, 0.1) is 0 Å². The van der Waals surface area contributed by atoms with Crippen molar-refractivity contribution in [2.75, 3.05) is 0 Å². The van der Waals surface area contributed by atoms with Crippen LogP contribution in [0.15, 0.2) is 198 Å². The van der Waals surface area contributed by atoms with Gasteiger partial charge in [-0.05, 0) is 113 Å². The maximum atomic E-state index is 9.91. The van der Waals surface area contributed by atoms with E-state index in [1.54, 1.807) is 78.9 Å². The second-order valence-corrected chi connectivity index (χ2v) is 11.7. The minimum Gasteiger partial charge on any atom is -0.456 e. The van der Waals surface area contributed by atoms with Gasteiger partial charge in [0.15, 0.2) is 0 Å². The Hall–Kier alpha value is -6.70. The first kappa shape index (κ1) is 15.9. The van der Waals surface area contributed by atoms with E-state index in [4.69, 9.17) is 20.9 Å². The number of furan rings is 1. The van der Waals surface area contributed by atoms with Crippen LogP contribution in [0.3, 0.4) is 0 Å². The van der Waals surface area contributed by atoms with Gasteiger partial charge in [0, 0.05) is 10.8 Å². The molecule has 0 aliphatic carbocycles. The molecule has 0 N–H and O–H groups in total. The average Bonchev–Trinajstić information content (AvgIpc) is 3.76. The first-order chi connectivity index (χ1) is 33.2. The Kier molecular flexibility index (Phi) is 3.74. The van der Waals surface area contributed by atoms with E-state index >= 15 is 0 Å². The van der Waals surface area contributed by atoms with Crippen molar-refractivity contribution < 1.29 is 30.5 Å². The van der Waals surface area contributed by atoms with Crippen LogP contribution in [-0.2, 0) is 0 Å².